The highest BCUT2D eigenvalue weighted by molar-refractivity contribution is 5.78. The van der Waals surface area contributed by atoms with E-state index in [1.54, 1.807) is 0 Å². The number of rotatable bonds is 7. The van der Waals surface area contributed by atoms with Crippen LogP contribution >= 0.6 is 0 Å². The first kappa shape index (κ1) is 19.9. The van der Waals surface area contributed by atoms with Gasteiger partial charge in [0.15, 0.2) is 0 Å². The van der Waals surface area contributed by atoms with Crippen molar-refractivity contribution in [2.75, 3.05) is 11.5 Å². The van der Waals surface area contributed by atoms with Crippen LogP contribution in [0.2, 0.25) is 0 Å². The molecule has 0 aliphatic rings. The van der Waals surface area contributed by atoms with Crippen LogP contribution in [-0.2, 0) is 6.42 Å². The van der Waals surface area contributed by atoms with Crippen LogP contribution in [0.25, 0.3) is 11.1 Å². The maximum absolute atomic E-state index is 9.09. The van der Waals surface area contributed by atoms with Crippen LogP contribution in [0.4, 0.5) is 17.1 Å². The van der Waals surface area contributed by atoms with Crippen molar-refractivity contribution in [3.63, 3.8) is 0 Å². The first-order valence-corrected chi connectivity index (χ1v) is 10.5. The van der Waals surface area contributed by atoms with E-state index in [0.717, 1.165) is 29.9 Å². The molecule has 0 radical (unpaired) electrons. The first-order chi connectivity index (χ1) is 14.7. The molecule has 1 N–H and O–H groups in total. The summed E-state index contributed by atoms with van der Waals surface area (Å²) in [4.78, 5) is 2.28. The molecule has 0 aliphatic carbocycles. The van der Waals surface area contributed by atoms with Gasteiger partial charge in [-0.05, 0) is 72.9 Å². The summed E-state index contributed by atoms with van der Waals surface area (Å²) < 4.78 is 0. The second kappa shape index (κ2) is 9.43. The number of nitrogens with zero attached hydrogens (tertiary/aromatic N) is 1. The lowest BCUT2D eigenvalue weighted by Crippen LogP contribution is -2.10. The van der Waals surface area contributed by atoms with Gasteiger partial charge in [0, 0.05) is 23.7 Å². The lowest BCUT2D eigenvalue weighted by molar-refractivity contribution is 0.288. The molecule has 0 heterocycles. The summed E-state index contributed by atoms with van der Waals surface area (Å²) >= 11 is 0. The molecule has 30 heavy (non-hydrogen) atoms. The van der Waals surface area contributed by atoms with Gasteiger partial charge in [-0.1, -0.05) is 72.3 Å². The Morgan fingerprint density at radius 3 is 1.67 bits per heavy atom. The maximum atomic E-state index is 9.09. The van der Waals surface area contributed by atoms with Crippen molar-refractivity contribution in [1.29, 1.82) is 0 Å². The van der Waals surface area contributed by atoms with E-state index in [1.165, 1.54) is 22.3 Å². The lowest BCUT2D eigenvalue weighted by atomic mass is 10.0. The van der Waals surface area contributed by atoms with Crippen molar-refractivity contribution in [2.45, 2.75) is 19.8 Å². The van der Waals surface area contributed by atoms with Crippen molar-refractivity contribution < 1.29 is 5.11 Å². The Morgan fingerprint density at radius 2 is 1.10 bits per heavy atom. The normalized spacial score (nSPS) is 10.7. The Kier molecular flexibility index (Phi) is 6.26. The molecule has 0 aliphatic heterocycles. The van der Waals surface area contributed by atoms with E-state index in [-0.39, 0.29) is 6.61 Å². The van der Waals surface area contributed by atoms with Crippen molar-refractivity contribution >= 4 is 17.1 Å². The quantitative estimate of drug-likeness (QED) is 0.363. The average molecular weight is 394 g/mol. The minimum atomic E-state index is 0.227. The maximum Gasteiger partial charge on any atom is 0.0462 e. The molecule has 2 heteroatoms. The fourth-order valence-electron chi connectivity index (χ4n) is 3.67. The molecule has 2 nitrogen and oxygen atoms in total. The SMILES string of the molecule is Cc1ccc(N(c2ccc(CCCO)cc2)c2ccc(-c3ccccc3)cc2)cc1. The predicted octanol–water partition coefficient (Wildman–Crippen LogP) is 7.06. The molecule has 0 amide bonds. The second-order valence-corrected chi connectivity index (χ2v) is 7.58. The molecule has 0 saturated carbocycles. The Labute approximate surface area is 179 Å². The minimum Gasteiger partial charge on any atom is -0.396 e. The standard InChI is InChI=1S/C28H27NO/c1-22-9-15-26(16-10-22)29(27-17-11-23(12-18-27)6-5-21-30)28-19-13-25(14-20-28)24-7-3-2-4-8-24/h2-4,7-20,30H,5-6,21H2,1H3. The Balaban J connectivity index is 1.69. The van der Waals surface area contributed by atoms with E-state index in [9.17, 15) is 0 Å². The highest BCUT2D eigenvalue weighted by atomic mass is 16.2. The van der Waals surface area contributed by atoms with Gasteiger partial charge in [-0.25, -0.2) is 0 Å². The van der Waals surface area contributed by atoms with E-state index in [2.05, 4.69) is 109 Å². The van der Waals surface area contributed by atoms with Crippen LogP contribution in [0, 0.1) is 6.92 Å². The Morgan fingerprint density at radius 1 is 0.600 bits per heavy atom. The zero-order valence-electron chi connectivity index (χ0n) is 17.3. The summed E-state index contributed by atoms with van der Waals surface area (Å²) in [6, 6.07) is 36.5. The average Bonchev–Trinajstić information content (AvgIpc) is 2.81. The summed E-state index contributed by atoms with van der Waals surface area (Å²) in [5.41, 5.74) is 8.31. The molecule has 4 rings (SSSR count). The molecule has 0 unspecified atom stereocenters. The van der Waals surface area contributed by atoms with Crippen LogP contribution in [0.15, 0.2) is 103 Å². The third kappa shape index (κ3) is 4.61. The van der Waals surface area contributed by atoms with Gasteiger partial charge in [0.25, 0.3) is 0 Å². The van der Waals surface area contributed by atoms with Gasteiger partial charge in [0.05, 0.1) is 0 Å². The summed E-state index contributed by atoms with van der Waals surface area (Å²) in [6.45, 7) is 2.34. The molecular formula is C28H27NO. The third-order valence-electron chi connectivity index (χ3n) is 5.34. The van der Waals surface area contributed by atoms with Crippen molar-refractivity contribution in [3.8, 4) is 11.1 Å². The molecular weight excluding hydrogens is 366 g/mol. The lowest BCUT2D eigenvalue weighted by Gasteiger charge is -2.26. The largest absolute Gasteiger partial charge is 0.396 e. The third-order valence-corrected chi connectivity index (χ3v) is 5.34. The van der Waals surface area contributed by atoms with Crippen LogP contribution in [0.3, 0.4) is 0 Å². The van der Waals surface area contributed by atoms with Gasteiger partial charge in [-0.15, -0.1) is 0 Å². The fraction of sp³-hybridized carbons (Fsp3) is 0.143. The van der Waals surface area contributed by atoms with Gasteiger partial charge < -0.3 is 10.0 Å². The zero-order valence-corrected chi connectivity index (χ0v) is 17.3. The van der Waals surface area contributed by atoms with E-state index < -0.39 is 0 Å². The smallest absolute Gasteiger partial charge is 0.0462 e. The number of anilines is 3. The topological polar surface area (TPSA) is 23.5 Å². The molecule has 0 fully saturated rings. The summed E-state index contributed by atoms with van der Waals surface area (Å²) in [5, 5.41) is 9.09. The molecule has 0 spiro atoms. The van der Waals surface area contributed by atoms with Crippen molar-refractivity contribution in [3.05, 3.63) is 114 Å². The minimum absolute atomic E-state index is 0.227. The molecule has 0 bridgehead atoms. The first-order valence-electron chi connectivity index (χ1n) is 10.5. The summed E-state index contributed by atoms with van der Waals surface area (Å²) in [5.74, 6) is 0. The van der Waals surface area contributed by atoms with Gasteiger partial charge >= 0.3 is 0 Å². The number of hydrogen-bond acceptors (Lipinski definition) is 2. The second-order valence-electron chi connectivity index (χ2n) is 7.58. The molecule has 0 saturated heterocycles. The number of hydrogen-bond donors (Lipinski definition) is 1. The fourth-order valence-corrected chi connectivity index (χ4v) is 3.67. The zero-order chi connectivity index (χ0) is 20.8. The molecule has 4 aromatic rings. The molecule has 0 atom stereocenters. The molecule has 150 valence electrons. The van der Waals surface area contributed by atoms with Gasteiger partial charge in [0.2, 0.25) is 0 Å². The van der Waals surface area contributed by atoms with Crippen LogP contribution in [-0.4, -0.2) is 11.7 Å². The van der Waals surface area contributed by atoms with Gasteiger partial charge in [0.1, 0.15) is 0 Å². The number of aryl methyl sites for hydroxylation is 2. The summed E-state index contributed by atoms with van der Waals surface area (Å²) in [6.07, 6.45) is 1.69. The van der Waals surface area contributed by atoms with Gasteiger partial charge in [-0.2, -0.15) is 0 Å². The van der Waals surface area contributed by atoms with Crippen LogP contribution < -0.4 is 4.90 Å². The summed E-state index contributed by atoms with van der Waals surface area (Å²) in [7, 11) is 0. The molecule has 0 aromatic heterocycles. The Bertz CT molecular complexity index is 1050. The van der Waals surface area contributed by atoms with Crippen molar-refractivity contribution in [2.24, 2.45) is 0 Å². The number of aliphatic hydroxyl groups excluding tert-OH is 1. The van der Waals surface area contributed by atoms with Crippen LogP contribution in [0.5, 0.6) is 0 Å². The number of aliphatic hydroxyl groups is 1. The Hall–Kier alpha value is -3.36. The van der Waals surface area contributed by atoms with E-state index in [4.69, 9.17) is 5.11 Å². The van der Waals surface area contributed by atoms with Crippen LogP contribution in [0.1, 0.15) is 17.5 Å². The highest BCUT2D eigenvalue weighted by Gasteiger charge is 2.12. The van der Waals surface area contributed by atoms with Gasteiger partial charge in [-0.3, -0.25) is 0 Å². The van der Waals surface area contributed by atoms with Crippen molar-refractivity contribution in [1.82, 2.24) is 0 Å². The number of benzene rings is 4. The van der Waals surface area contributed by atoms with E-state index in [1.807, 2.05) is 6.07 Å². The monoisotopic (exact) mass is 393 g/mol. The molecule has 4 aromatic carbocycles. The predicted molar refractivity (Wildman–Crippen MR) is 127 cm³/mol. The highest BCUT2D eigenvalue weighted by Crippen LogP contribution is 2.35. The van der Waals surface area contributed by atoms with E-state index in [0.29, 0.717) is 0 Å². The van der Waals surface area contributed by atoms with E-state index >= 15 is 0 Å².